The highest BCUT2D eigenvalue weighted by molar-refractivity contribution is 7.09. The zero-order chi connectivity index (χ0) is 16.8. The first-order valence-electron chi connectivity index (χ1n) is 8.26. The van der Waals surface area contributed by atoms with Crippen LogP contribution in [0.1, 0.15) is 28.8 Å². The summed E-state index contributed by atoms with van der Waals surface area (Å²) in [5.74, 6) is 0.271. The van der Waals surface area contributed by atoms with Gasteiger partial charge in [-0.15, -0.1) is 11.3 Å². The average molecular weight is 339 g/mol. The molecule has 0 aliphatic carbocycles. The van der Waals surface area contributed by atoms with Gasteiger partial charge in [0, 0.05) is 17.3 Å². The Kier molecular flexibility index (Phi) is 5.63. The van der Waals surface area contributed by atoms with Crippen LogP contribution in [0.25, 0.3) is 0 Å². The normalized spacial score (nSPS) is 15.8. The maximum atomic E-state index is 12.3. The molecule has 0 spiro atoms. The van der Waals surface area contributed by atoms with E-state index in [4.69, 9.17) is 0 Å². The minimum Gasteiger partial charge on any atom is -0.351 e. The van der Waals surface area contributed by atoms with Gasteiger partial charge in [0.15, 0.2) is 0 Å². The summed E-state index contributed by atoms with van der Waals surface area (Å²) < 4.78 is 0. The fraction of sp³-hybridized carbons (Fsp3) is 0.368. The molecule has 0 saturated carbocycles. The van der Waals surface area contributed by atoms with Gasteiger partial charge >= 0.3 is 0 Å². The minimum atomic E-state index is 0.104. The van der Waals surface area contributed by atoms with Crippen molar-refractivity contribution < 1.29 is 4.79 Å². The number of nitrogens with one attached hydrogen (secondary N) is 1. The van der Waals surface area contributed by atoms with Gasteiger partial charge in [-0.3, -0.25) is 9.69 Å². The Morgan fingerprint density at radius 3 is 2.75 bits per heavy atom. The van der Waals surface area contributed by atoms with Crippen molar-refractivity contribution >= 4 is 17.2 Å². The lowest BCUT2D eigenvalue weighted by atomic mass is 9.95. The predicted molar refractivity (Wildman–Crippen MR) is 95.3 cm³/mol. The summed E-state index contributed by atoms with van der Waals surface area (Å²) in [4.78, 5) is 15.8. The fourth-order valence-corrected chi connectivity index (χ4v) is 3.74. The van der Waals surface area contributed by atoms with E-state index in [2.05, 4.69) is 16.3 Å². The SMILES string of the molecule is N#Cc1ccccc1CN1CCC(C(=O)NCc2cccs2)CC1. The molecule has 4 nitrogen and oxygen atoms in total. The molecule has 1 aliphatic heterocycles. The smallest absolute Gasteiger partial charge is 0.223 e. The molecule has 1 aromatic carbocycles. The molecule has 24 heavy (non-hydrogen) atoms. The van der Waals surface area contributed by atoms with Gasteiger partial charge in [-0.2, -0.15) is 5.26 Å². The molecule has 1 aliphatic rings. The first kappa shape index (κ1) is 16.7. The van der Waals surface area contributed by atoms with Crippen LogP contribution in [0.15, 0.2) is 41.8 Å². The Bertz CT molecular complexity index is 712. The van der Waals surface area contributed by atoms with E-state index in [1.54, 1.807) is 11.3 Å². The van der Waals surface area contributed by atoms with E-state index in [0.29, 0.717) is 6.54 Å². The second-order valence-corrected chi connectivity index (χ2v) is 7.15. The second kappa shape index (κ2) is 8.09. The van der Waals surface area contributed by atoms with Gasteiger partial charge < -0.3 is 5.32 Å². The Morgan fingerprint density at radius 2 is 2.04 bits per heavy atom. The van der Waals surface area contributed by atoms with Crippen LogP contribution in [0, 0.1) is 17.2 Å². The number of rotatable bonds is 5. The zero-order valence-corrected chi connectivity index (χ0v) is 14.4. The van der Waals surface area contributed by atoms with Crippen LogP contribution in [0.4, 0.5) is 0 Å². The van der Waals surface area contributed by atoms with E-state index in [-0.39, 0.29) is 11.8 Å². The van der Waals surface area contributed by atoms with Crippen molar-refractivity contribution in [2.75, 3.05) is 13.1 Å². The molecule has 1 aromatic heterocycles. The standard InChI is InChI=1S/C19H21N3OS/c20-12-16-4-1-2-5-17(16)14-22-9-7-15(8-10-22)19(23)21-13-18-6-3-11-24-18/h1-6,11,15H,7-10,13-14H2,(H,21,23). The molecule has 1 amide bonds. The molecule has 0 radical (unpaired) electrons. The third kappa shape index (κ3) is 4.22. The summed E-state index contributed by atoms with van der Waals surface area (Å²) >= 11 is 1.67. The van der Waals surface area contributed by atoms with E-state index >= 15 is 0 Å². The van der Waals surface area contributed by atoms with Crippen LogP contribution in [0.5, 0.6) is 0 Å². The van der Waals surface area contributed by atoms with Crippen LogP contribution >= 0.6 is 11.3 Å². The van der Waals surface area contributed by atoms with Crippen LogP contribution in [0.3, 0.4) is 0 Å². The Morgan fingerprint density at radius 1 is 1.25 bits per heavy atom. The number of amides is 1. The van der Waals surface area contributed by atoms with Gasteiger partial charge in [-0.1, -0.05) is 24.3 Å². The highest BCUT2D eigenvalue weighted by Gasteiger charge is 2.25. The number of hydrogen-bond donors (Lipinski definition) is 1. The van der Waals surface area contributed by atoms with E-state index < -0.39 is 0 Å². The van der Waals surface area contributed by atoms with Crippen molar-refractivity contribution in [3.63, 3.8) is 0 Å². The van der Waals surface area contributed by atoms with Crippen molar-refractivity contribution in [2.24, 2.45) is 5.92 Å². The number of thiophene rings is 1. The maximum absolute atomic E-state index is 12.3. The second-order valence-electron chi connectivity index (χ2n) is 6.12. The summed E-state index contributed by atoms with van der Waals surface area (Å²) in [7, 11) is 0. The van der Waals surface area contributed by atoms with E-state index in [9.17, 15) is 10.1 Å². The van der Waals surface area contributed by atoms with Crippen LogP contribution in [-0.2, 0) is 17.9 Å². The molecule has 0 bridgehead atoms. The molecule has 3 rings (SSSR count). The Hall–Kier alpha value is -2.16. The molecule has 1 N–H and O–H groups in total. The van der Waals surface area contributed by atoms with Gasteiger partial charge in [0.2, 0.25) is 5.91 Å². The first-order chi connectivity index (χ1) is 11.8. The van der Waals surface area contributed by atoms with Crippen molar-refractivity contribution in [3.05, 3.63) is 57.8 Å². The summed E-state index contributed by atoms with van der Waals surface area (Å²) in [6.07, 6.45) is 1.76. The monoisotopic (exact) mass is 339 g/mol. The number of benzene rings is 1. The number of piperidine rings is 1. The third-order valence-electron chi connectivity index (χ3n) is 4.51. The Balaban J connectivity index is 1.47. The van der Waals surface area contributed by atoms with E-state index in [1.165, 1.54) is 4.88 Å². The number of nitrogens with zero attached hydrogens (tertiary/aromatic N) is 2. The molecule has 2 heterocycles. The number of likely N-dealkylation sites (tertiary alicyclic amines) is 1. The number of carbonyl (C=O) groups excluding carboxylic acids is 1. The third-order valence-corrected chi connectivity index (χ3v) is 5.38. The largest absolute Gasteiger partial charge is 0.351 e. The molecular formula is C19H21N3OS. The highest BCUT2D eigenvalue weighted by Crippen LogP contribution is 2.20. The lowest BCUT2D eigenvalue weighted by Crippen LogP contribution is -2.40. The van der Waals surface area contributed by atoms with Crippen molar-refractivity contribution in [3.8, 4) is 6.07 Å². The summed E-state index contributed by atoms with van der Waals surface area (Å²) in [5.41, 5.74) is 1.81. The van der Waals surface area contributed by atoms with E-state index in [0.717, 1.165) is 43.6 Å². The molecule has 5 heteroatoms. The topological polar surface area (TPSA) is 56.1 Å². The molecule has 0 unspecified atom stereocenters. The van der Waals surface area contributed by atoms with Crippen LogP contribution < -0.4 is 5.32 Å². The summed E-state index contributed by atoms with van der Waals surface area (Å²) in [6, 6.07) is 14.0. The molecule has 0 atom stereocenters. The first-order valence-corrected chi connectivity index (χ1v) is 9.14. The van der Waals surface area contributed by atoms with Gasteiger partial charge in [-0.05, 0) is 49.0 Å². The maximum Gasteiger partial charge on any atom is 0.223 e. The summed E-state index contributed by atoms with van der Waals surface area (Å²) in [5, 5.41) is 14.3. The van der Waals surface area contributed by atoms with Crippen LogP contribution in [-0.4, -0.2) is 23.9 Å². The molecule has 1 saturated heterocycles. The number of hydrogen-bond acceptors (Lipinski definition) is 4. The quantitative estimate of drug-likeness (QED) is 0.910. The molecular weight excluding hydrogens is 318 g/mol. The van der Waals surface area contributed by atoms with Gasteiger partial charge in [-0.25, -0.2) is 0 Å². The molecule has 2 aromatic rings. The van der Waals surface area contributed by atoms with Crippen LogP contribution in [0.2, 0.25) is 0 Å². The lowest BCUT2D eigenvalue weighted by molar-refractivity contribution is -0.126. The van der Waals surface area contributed by atoms with E-state index in [1.807, 2.05) is 41.8 Å². The Labute approximate surface area is 146 Å². The molecule has 1 fully saturated rings. The van der Waals surface area contributed by atoms with Gasteiger partial charge in [0.25, 0.3) is 0 Å². The molecule has 124 valence electrons. The average Bonchev–Trinajstić information content (AvgIpc) is 3.14. The van der Waals surface area contributed by atoms with Gasteiger partial charge in [0.1, 0.15) is 0 Å². The fourth-order valence-electron chi connectivity index (χ4n) is 3.09. The minimum absolute atomic E-state index is 0.104. The van der Waals surface area contributed by atoms with Crippen molar-refractivity contribution in [1.29, 1.82) is 5.26 Å². The predicted octanol–water partition coefficient (Wildman–Crippen LogP) is 3.15. The van der Waals surface area contributed by atoms with Gasteiger partial charge in [0.05, 0.1) is 18.2 Å². The highest BCUT2D eigenvalue weighted by atomic mass is 32.1. The lowest BCUT2D eigenvalue weighted by Gasteiger charge is -2.31. The summed E-state index contributed by atoms with van der Waals surface area (Å²) in [6.45, 7) is 3.22. The zero-order valence-electron chi connectivity index (χ0n) is 13.6. The van der Waals surface area contributed by atoms with Crippen molar-refractivity contribution in [2.45, 2.75) is 25.9 Å². The number of carbonyl (C=O) groups is 1. The number of nitriles is 1. The van der Waals surface area contributed by atoms with Crippen molar-refractivity contribution in [1.82, 2.24) is 10.2 Å².